The number of carbonyl (C=O) groups excluding carboxylic acids is 1. The highest BCUT2D eigenvalue weighted by Crippen LogP contribution is 2.25. The van der Waals surface area contributed by atoms with Crippen LogP contribution in [0.1, 0.15) is 52.3 Å². The molecule has 0 bridgehead atoms. The second-order valence-corrected chi connectivity index (χ2v) is 7.69. The van der Waals surface area contributed by atoms with E-state index in [1.165, 1.54) is 0 Å². The number of nitrogens with zero attached hydrogens (tertiary/aromatic N) is 4. The van der Waals surface area contributed by atoms with Gasteiger partial charge in [-0.2, -0.15) is 0 Å². The Kier molecular flexibility index (Phi) is 5.57. The summed E-state index contributed by atoms with van der Waals surface area (Å²) in [5.74, 6) is 2.61. The van der Waals surface area contributed by atoms with E-state index in [2.05, 4.69) is 28.7 Å². The Labute approximate surface area is 150 Å². The molecule has 0 aromatic carbocycles. The van der Waals surface area contributed by atoms with E-state index in [0.29, 0.717) is 24.9 Å². The molecule has 0 saturated carbocycles. The van der Waals surface area contributed by atoms with Crippen LogP contribution < -0.4 is 4.90 Å². The summed E-state index contributed by atoms with van der Waals surface area (Å²) in [5.41, 5.74) is 0. The first kappa shape index (κ1) is 18.1. The number of anilines is 1. The third-order valence-corrected chi connectivity index (χ3v) is 5.08. The average molecular weight is 346 g/mol. The largest absolute Gasteiger partial charge is 0.372 e. The Morgan fingerprint density at radius 3 is 2.44 bits per heavy atom. The third kappa shape index (κ3) is 4.29. The summed E-state index contributed by atoms with van der Waals surface area (Å²) < 4.78 is 5.74. The molecule has 0 aliphatic carbocycles. The zero-order chi connectivity index (χ0) is 18.0. The molecule has 0 N–H and O–H groups in total. The van der Waals surface area contributed by atoms with Gasteiger partial charge >= 0.3 is 0 Å². The van der Waals surface area contributed by atoms with Gasteiger partial charge in [0.25, 0.3) is 0 Å². The van der Waals surface area contributed by atoms with Gasteiger partial charge in [-0.25, -0.2) is 9.97 Å². The summed E-state index contributed by atoms with van der Waals surface area (Å²) in [5, 5.41) is 0. The topological polar surface area (TPSA) is 58.6 Å². The van der Waals surface area contributed by atoms with Crippen molar-refractivity contribution in [1.29, 1.82) is 0 Å². The van der Waals surface area contributed by atoms with Gasteiger partial charge in [-0.15, -0.1) is 0 Å². The molecule has 1 aromatic rings. The van der Waals surface area contributed by atoms with Crippen LogP contribution in [0.5, 0.6) is 0 Å². The minimum Gasteiger partial charge on any atom is -0.372 e. The number of ether oxygens (including phenoxy) is 1. The molecule has 1 aromatic heterocycles. The predicted octanol–water partition coefficient (Wildman–Crippen LogP) is 2.45. The summed E-state index contributed by atoms with van der Waals surface area (Å²) in [7, 11) is 0. The fraction of sp³-hybridized carbons (Fsp3) is 0.737. The number of rotatable bonds is 3. The Morgan fingerprint density at radius 1 is 1.20 bits per heavy atom. The summed E-state index contributed by atoms with van der Waals surface area (Å²) in [4.78, 5) is 26.2. The first-order valence-electron chi connectivity index (χ1n) is 9.46. The Morgan fingerprint density at radius 2 is 1.84 bits per heavy atom. The molecule has 3 rings (SSSR count). The average Bonchev–Trinajstić information content (AvgIpc) is 2.60. The van der Waals surface area contributed by atoms with Crippen molar-refractivity contribution in [2.24, 2.45) is 5.92 Å². The van der Waals surface area contributed by atoms with Crippen LogP contribution in [0.2, 0.25) is 0 Å². The molecule has 2 atom stereocenters. The van der Waals surface area contributed by atoms with Crippen LogP contribution in [0, 0.1) is 5.92 Å². The van der Waals surface area contributed by atoms with Gasteiger partial charge in [0.1, 0.15) is 11.6 Å². The molecule has 0 radical (unpaired) electrons. The van der Waals surface area contributed by atoms with Crippen molar-refractivity contribution in [2.75, 3.05) is 31.1 Å². The lowest BCUT2D eigenvalue weighted by Crippen LogP contribution is -2.51. The summed E-state index contributed by atoms with van der Waals surface area (Å²) in [6.45, 7) is 11.5. The van der Waals surface area contributed by atoms with E-state index in [0.717, 1.165) is 37.6 Å². The van der Waals surface area contributed by atoms with E-state index >= 15 is 0 Å². The molecule has 0 spiro atoms. The van der Waals surface area contributed by atoms with Crippen molar-refractivity contribution in [1.82, 2.24) is 14.9 Å². The summed E-state index contributed by atoms with van der Waals surface area (Å²) >= 11 is 0. The number of hydrogen-bond donors (Lipinski definition) is 0. The Bertz CT molecular complexity index is 589. The van der Waals surface area contributed by atoms with E-state index in [-0.39, 0.29) is 18.1 Å². The number of hydrogen-bond acceptors (Lipinski definition) is 5. The molecule has 1 amide bonds. The fourth-order valence-corrected chi connectivity index (χ4v) is 3.79. The molecule has 6 nitrogen and oxygen atoms in total. The molecular weight excluding hydrogens is 316 g/mol. The quantitative estimate of drug-likeness (QED) is 0.841. The van der Waals surface area contributed by atoms with E-state index in [9.17, 15) is 4.79 Å². The van der Waals surface area contributed by atoms with Gasteiger partial charge in [-0.05, 0) is 32.8 Å². The highest BCUT2D eigenvalue weighted by molar-refractivity contribution is 5.79. The second-order valence-electron chi connectivity index (χ2n) is 7.69. The van der Waals surface area contributed by atoms with Gasteiger partial charge in [-0.1, -0.05) is 13.8 Å². The predicted molar refractivity (Wildman–Crippen MR) is 97.6 cm³/mol. The molecule has 2 fully saturated rings. The van der Waals surface area contributed by atoms with Crippen molar-refractivity contribution >= 4 is 11.7 Å². The highest BCUT2D eigenvalue weighted by Gasteiger charge is 2.32. The summed E-state index contributed by atoms with van der Waals surface area (Å²) in [6, 6.07) is 1.97. The molecule has 2 aliphatic heterocycles. The maximum atomic E-state index is 12.9. The zero-order valence-electron chi connectivity index (χ0n) is 15.8. The normalized spacial score (nSPS) is 25.5. The first-order chi connectivity index (χ1) is 11.9. The maximum absolute atomic E-state index is 12.9. The van der Waals surface area contributed by atoms with Crippen LogP contribution in [-0.4, -0.2) is 59.2 Å². The highest BCUT2D eigenvalue weighted by atomic mass is 16.5. The number of piperidine rings is 1. The van der Waals surface area contributed by atoms with Crippen LogP contribution in [0.15, 0.2) is 12.3 Å². The van der Waals surface area contributed by atoms with Crippen molar-refractivity contribution in [3.05, 3.63) is 18.1 Å². The maximum Gasteiger partial charge on any atom is 0.225 e. The molecular formula is C19H30N4O2. The van der Waals surface area contributed by atoms with Crippen LogP contribution in [-0.2, 0) is 9.53 Å². The summed E-state index contributed by atoms with van der Waals surface area (Å²) in [6.07, 6.45) is 3.87. The number of carbonyl (C=O) groups is 1. The van der Waals surface area contributed by atoms with Crippen molar-refractivity contribution in [3.63, 3.8) is 0 Å². The number of aromatic nitrogens is 2. The van der Waals surface area contributed by atoms with E-state index in [4.69, 9.17) is 4.74 Å². The van der Waals surface area contributed by atoms with Crippen molar-refractivity contribution in [2.45, 2.75) is 58.7 Å². The lowest BCUT2D eigenvalue weighted by Gasteiger charge is -2.39. The molecule has 2 saturated heterocycles. The second kappa shape index (κ2) is 7.68. The smallest absolute Gasteiger partial charge is 0.225 e. The van der Waals surface area contributed by atoms with Crippen molar-refractivity contribution < 1.29 is 9.53 Å². The molecule has 2 aliphatic rings. The van der Waals surface area contributed by atoms with Crippen LogP contribution in [0.4, 0.5) is 5.82 Å². The standard InChI is InChI=1S/C19H30N4O2/c1-13(2)18-20-8-5-17(21-18)22-9-6-16(7-10-22)19(24)23-11-14(3)25-15(4)12-23/h5,8,13-16H,6-7,9-12H2,1-4H3/t14-,15+. The Hall–Kier alpha value is -1.69. The lowest BCUT2D eigenvalue weighted by molar-refractivity contribution is -0.148. The van der Waals surface area contributed by atoms with E-state index in [1.807, 2.05) is 31.0 Å². The van der Waals surface area contributed by atoms with E-state index < -0.39 is 0 Å². The number of amides is 1. The number of morpholine rings is 1. The molecule has 6 heteroatoms. The first-order valence-corrected chi connectivity index (χ1v) is 9.46. The molecule has 3 heterocycles. The van der Waals surface area contributed by atoms with Gasteiger partial charge < -0.3 is 14.5 Å². The SMILES string of the molecule is CC(C)c1nccc(N2CCC(C(=O)N3C[C@@H](C)O[C@@H](C)C3)CC2)n1. The van der Waals surface area contributed by atoms with Crippen LogP contribution in [0.25, 0.3) is 0 Å². The Balaban J connectivity index is 1.58. The lowest BCUT2D eigenvalue weighted by atomic mass is 9.94. The van der Waals surface area contributed by atoms with Gasteiger partial charge in [0, 0.05) is 44.2 Å². The van der Waals surface area contributed by atoms with Gasteiger partial charge in [0.15, 0.2) is 0 Å². The van der Waals surface area contributed by atoms with Crippen LogP contribution in [0.3, 0.4) is 0 Å². The zero-order valence-corrected chi connectivity index (χ0v) is 15.8. The van der Waals surface area contributed by atoms with Gasteiger partial charge in [0.2, 0.25) is 5.91 Å². The van der Waals surface area contributed by atoms with E-state index in [1.54, 1.807) is 0 Å². The molecule has 0 unspecified atom stereocenters. The fourth-order valence-electron chi connectivity index (χ4n) is 3.79. The van der Waals surface area contributed by atoms with Gasteiger partial charge in [0.05, 0.1) is 12.2 Å². The van der Waals surface area contributed by atoms with Gasteiger partial charge in [-0.3, -0.25) is 4.79 Å². The van der Waals surface area contributed by atoms with Crippen molar-refractivity contribution in [3.8, 4) is 0 Å². The minimum absolute atomic E-state index is 0.125. The van der Waals surface area contributed by atoms with Crippen LogP contribution >= 0.6 is 0 Å². The minimum atomic E-state index is 0.125. The monoisotopic (exact) mass is 346 g/mol. The third-order valence-electron chi connectivity index (χ3n) is 5.08. The molecule has 25 heavy (non-hydrogen) atoms. The molecule has 138 valence electrons.